The Kier molecular flexibility index (Phi) is 3.27. The van der Waals surface area contributed by atoms with E-state index in [-0.39, 0.29) is 12.0 Å². The summed E-state index contributed by atoms with van der Waals surface area (Å²) in [5.74, 6) is 0.757. The first kappa shape index (κ1) is 12.3. The zero-order chi connectivity index (χ0) is 16.9. The molecule has 1 aromatic carbocycles. The van der Waals surface area contributed by atoms with Gasteiger partial charge in [0, 0.05) is 19.6 Å². The van der Waals surface area contributed by atoms with Crippen molar-refractivity contribution in [2.75, 3.05) is 26.8 Å². The van der Waals surface area contributed by atoms with E-state index in [2.05, 4.69) is 11.0 Å². The van der Waals surface area contributed by atoms with Gasteiger partial charge in [0.05, 0.1) is 22.0 Å². The molecule has 1 N–H and O–H groups in total. The number of piperidine rings is 1. The van der Waals surface area contributed by atoms with Crippen molar-refractivity contribution < 1.29 is 17.3 Å². The van der Waals surface area contributed by atoms with Gasteiger partial charge in [-0.2, -0.15) is 0 Å². The zero-order valence-corrected chi connectivity index (χ0v) is 13.0. The van der Waals surface area contributed by atoms with Crippen LogP contribution in [0, 0.1) is 5.92 Å². The van der Waals surface area contributed by atoms with Crippen LogP contribution in [-0.2, 0) is 11.2 Å². The van der Waals surface area contributed by atoms with Gasteiger partial charge in [-0.05, 0) is 54.9 Å². The Balaban J connectivity index is 1.69. The summed E-state index contributed by atoms with van der Waals surface area (Å²) in [7, 11) is 1.65. The third kappa shape index (κ3) is 2.64. The number of hydrogen-bond acceptors (Lipinski definition) is 4. The van der Waals surface area contributed by atoms with Gasteiger partial charge in [-0.3, -0.25) is 4.90 Å². The molecule has 1 aromatic rings. The number of methoxy groups -OCH3 is 1. The zero-order valence-electron chi connectivity index (χ0n) is 15.0. The van der Waals surface area contributed by atoms with Gasteiger partial charge in [0.25, 0.3) is 0 Å². The molecule has 3 unspecified atom stereocenters. The third-order valence-electron chi connectivity index (χ3n) is 5.08. The van der Waals surface area contributed by atoms with Gasteiger partial charge in [0.15, 0.2) is 0 Å². The quantitative estimate of drug-likeness (QED) is 0.925. The Morgan fingerprint density at radius 1 is 1.32 bits per heavy atom. The molecule has 1 saturated carbocycles. The summed E-state index contributed by atoms with van der Waals surface area (Å²) in [6, 6.07) is 5.96. The number of aliphatic hydroxyl groups excluding tert-OH is 1. The van der Waals surface area contributed by atoms with Gasteiger partial charge in [-0.25, -0.2) is 0 Å². The molecule has 22 heavy (non-hydrogen) atoms. The number of ether oxygens (including phenoxy) is 2. The predicted octanol–water partition coefficient (Wildman–Crippen LogP) is 2.15. The van der Waals surface area contributed by atoms with E-state index in [1.807, 2.05) is 12.1 Å². The van der Waals surface area contributed by atoms with E-state index in [0.717, 1.165) is 43.7 Å². The van der Waals surface area contributed by atoms with Crippen molar-refractivity contribution in [1.82, 2.24) is 4.90 Å². The van der Waals surface area contributed by atoms with Crippen LogP contribution >= 0.6 is 0 Å². The molecular formula is C18H25NO3. The fraction of sp³-hybridized carbons (Fsp3) is 0.667. The molecule has 3 atom stereocenters. The third-order valence-corrected chi connectivity index (χ3v) is 5.08. The smallest absolute Gasteiger partial charge is 0.119 e. The van der Waals surface area contributed by atoms with E-state index in [1.54, 1.807) is 7.11 Å². The molecule has 0 amide bonds. The standard InChI is InChI=1S/C18H25NO3/c1-21-14-5-4-13-6-8-19-9-7-16(20)18(17(19)15(13)10-14)22-11-12-2-3-12/h4-5,10,12,16-18,20H,2-3,6-9,11H2,1H3/i11D2. The van der Waals surface area contributed by atoms with E-state index in [1.165, 1.54) is 5.56 Å². The van der Waals surface area contributed by atoms with Crippen LogP contribution in [0.2, 0.25) is 0 Å². The lowest BCUT2D eigenvalue weighted by Gasteiger charge is -2.47. The van der Waals surface area contributed by atoms with Crippen LogP contribution in [-0.4, -0.2) is 49.0 Å². The van der Waals surface area contributed by atoms with E-state index in [9.17, 15) is 5.11 Å². The maximum Gasteiger partial charge on any atom is 0.119 e. The molecule has 2 aliphatic heterocycles. The van der Waals surface area contributed by atoms with Crippen LogP contribution in [0.1, 0.15) is 39.2 Å². The Bertz CT molecular complexity index is 620. The second kappa shape index (κ2) is 5.84. The van der Waals surface area contributed by atoms with Crippen LogP contribution in [0.4, 0.5) is 0 Å². The first-order valence-corrected chi connectivity index (χ1v) is 8.26. The fourth-order valence-electron chi connectivity index (χ4n) is 3.63. The maximum atomic E-state index is 10.6. The molecule has 4 nitrogen and oxygen atoms in total. The monoisotopic (exact) mass is 305 g/mol. The van der Waals surface area contributed by atoms with Gasteiger partial charge >= 0.3 is 0 Å². The van der Waals surface area contributed by atoms with Crippen LogP contribution in [0.25, 0.3) is 0 Å². The largest absolute Gasteiger partial charge is 0.497 e. The van der Waals surface area contributed by atoms with Crippen LogP contribution in [0.15, 0.2) is 18.2 Å². The highest BCUT2D eigenvalue weighted by molar-refractivity contribution is 5.40. The van der Waals surface area contributed by atoms with Crippen molar-refractivity contribution >= 4 is 0 Å². The van der Waals surface area contributed by atoms with Gasteiger partial charge in [-0.15, -0.1) is 0 Å². The predicted molar refractivity (Wildman–Crippen MR) is 84.1 cm³/mol. The minimum Gasteiger partial charge on any atom is -0.497 e. The SMILES string of the molecule is [2H]C([2H])(OC1C(O)CCN2CCc3ccc(OC)cc3C12)C1CC1. The van der Waals surface area contributed by atoms with E-state index in [4.69, 9.17) is 12.2 Å². The van der Waals surface area contributed by atoms with E-state index < -0.39 is 18.8 Å². The molecule has 2 heterocycles. The number of nitrogens with zero attached hydrogens (tertiary/aromatic N) is 1. The summed E-state index contributed by atoms with van der Waals surface area (Å²) < 4.78 is 27.7. The summed E-state index contributed by atoms with van der Waals surface area (Å²) >= 11 is 0. The van der Waals surface area contributed by atoms with Crippen LogP contribution in [0.5, 0.6) is 5.75 Å². The molecule has 1 saturated heterocycles. The summed E-state index contributed by atoms with van der Waals surface area (Å²) in [6.45, 7) is 0.0723. The van der Waals surface area contributed by atoms with Crippen molar-refractivity contribution in [2.24, 2.45) is 5.92 Å². The number of fused-ring (bicyclic) bond motifs is 3. The normalized spacial score (nSPS) is 33.5. The molecule has 4 rings (SSSR count). The molecule has 0 bridgehead atoms. The van der Waals surface area contributed by atoms with Crippen molar-refractivity contribution in [3.05, 3.63) is 29.3 Å². The average Bonchev–Trinajstić information content (AvgIpc) is 3.42. The van der Waals surface area contributed by atoms with Crippen molar-refractivity contribution in [1.29, 1.82) is 0 Å². The molecule has 120 valence electrons. The first-order valence-electron chi connectivity index (χ1n) is 9.26. The molecule has 0 spiro atoms. The Labute approximate surface area is 134 Å². The van der Waals surface area contributed by atoms with Gasteiger partial charge < -0.3 is 14.6 Å². The summed E-state index contributed by atoms with van der Waals surface area (Å²) in [5, 5.41) is 10.6. The average molecular weight is 305 g/mol. The second-order valence-corrected chi connectivity index (χ2v) is 6.63. The fourth-order valence-corrected chi connectivity index (χ4v) is 3.63. The van der Waals surface area contributed by atoms with Gasteiger partial charge in [0.2, 0.25) is 0 Å². The number of hydrogen-bond donors (Lipinski definition) is 1. The number of rotatable bonds is 4. The maximum absolute atomic E-state index is 10.6. The van der Waals surface area contributed by atoms with Crippen LogP contribution in [0.3, 0.4) is 0 Å². The summed E-state index contributed by atoms with van der Waals surface area (Å²) in [6.07, 6.45) is 2.15. The summed E-state index contributed by atoms with van der Waals surface area (Å²) in [5.41, 5.74) is 2.35. The molecule has 0 radical (unpaired) electrons. The minimum atomic E-state index is -1.66. The lowest BCUT2D eigenvalue weighted by atomic mass is 9.83. The van der Waals surface area contributed by atoms with Gasteiger partial charge in [-0.1, -0.05) is 6.07 Å². The highest BCUT2D eigenvalue weighted by Crippen LogP contribution is 2.41. The lowest BCUT2D eigenvalue weighted by molar-refractivity contribution is -0.118. The molecule has 2 fully saturated rings. The van der Waals surface area contributed by atoms with Crippen molar-refractivity contribution in [2.45, 2.75) is 43.9 Å². The van der Waals surface area contributed by atoms with E-state index >= 15 is 0 Å². The highest BCUT2D eigenvalue weighted by Gasteiger charge is 2.42. The molecular weight excluding hydrogens is 278 g/mol. The Morgan fingerprint density at radius 2 is 2.18 bits per heavy atom. The van der Waals surface area contributed by atoms with E-state index in [0.29, 0.717) is 6.42 Å². The molecule has 3 aliphatic rings. The Hall–Kier alpha value is -1.10. The molecule has 0 aromatic heterocycles. The van der Waals surface area contributed by atoms with Crippen molar-refractivity contribution in [3.8, 4) is 5.75 Å². The van der Waals surface area contributed by atoms with Crippen molar-refractivity contribution in [3.63, 3.8) is 0 Å². The Morgan fingerprint density at radius 3 is 2.95 bits per heavy atom. The minimum absolute atomic E-state index is 0.0338. The molecule has 1 aliphatic carbocycles. The van der Waals surface area contributed by atoms with Gasteiger partial charge in [0.1, 0.15) is 11.9 Å². The number of aliphatic hydroxyl groups is 1. The summed E-state index contributed by atoms with van der Waals surface area (Å²) in [4.78, 5) is 2.32. The number of benzene rings is 1. The molecule has 4 heteroatoms. The topological polar surface area (TPSA) is 41.9 Å². The second-order valence-electron chi connectivity index (χ2n) is 6.63. The lowest BCUT2D eigenvalue weighted by Crippen LogP contribution is -2.52. The highest BCUT2D eigenvalue weighted by atomic mass is 16.5. The van der Waals surface area contributed by atoms with Crippen LogP contribution < -0.4 is 4.74 Å². The first-order chi connectivity index (χ1) is 11.5.